The predicted octanol–water partition coefficient (Wildman–Crippen LogP) is 5.63. The summed E-state index contributed by atoms with van der Waals surface area (Å²) in [5.41, 5.74) is 5.27. The molecule has 1 aliphatic heterocycles. The van der Waals surface area contributed by atoms with Crippen LogP contribution in [0, 0.1) is 12.7 Å². The number of rotatable bonds is 7. The van der Waals surface area contributed by atoms with Crippen LogP contribution in [0.4, 0.5) is 4.39 Å². The van der Waals surface area contributed by atoms with Crippen LogP contribution < -0.4 is 9.47 Å². The minimum absolute atomic E-state index is 0.171. The van der Waals surface area contributed by atoms with Gasteiger partial charge in [0.1, 0.15) is 5.82 Å². The van der Waals surface area contributed by atoms with E-state index in [-0.39, 0.29) is 17.3 Å². The van der Waals surface area contributed by atoms with Gasteiger partial charge in [-0.2, -0.15) is 4.31 Å². The van der Waals surface area contributed by atoms with Gasteiger partial charge in [-0.15, -0.1) is 0 Å². The van der Waals surface area contributed by atoms with Crippen molar-refractivity contribution in [1.29, 1.82) is 0 Å². The molecular formula is C29H29FN2O4S. The van der Waals surface area contributed by atoms with Crippen LogP contribution >= 0.6 is 0 Å². The van der Waals surface area contributed by atoms with Gasteiger partial charge in [-0.1, -0.05) is 36.4 Å². The number of ether oxygens (including phenoxy) is 2. The van der Waals surface area contributed by atoms with E-state index in [0.29, 0.717) is 31.0 Å². The van der Waals surface area contributed by atoms with E-state index in [2.05, 4.69) is 23.6 Å². The minimum atomic E-state index is -3.70. The number of hydrogen-bond donors (Lipinski definition) is 0. The third-order valence-corrected chi connectivity index (χ3v) is 8.81. The van der Waals surface area contributed by atoms with Crippen LogP contribution in [0.2, 0.25) is 0 Å². The van der Waals surface area contributed by atoms with E-state index in [1.54, 1.807) is 24.3 Å². The van der Waals surface area contributed by atoms with Crippen LogP contribution in [0.5, 0.6) is 11.5 Å². The maximum atomic E-state index is 13.8. The van der Waals surface area contributed by atoms with Gasteiger partial charge < -0.3 is 14.0 Å². The molecule has 4 aromatic rings. The molecule has 0 radical (unpaired) electrons. The Kier molecular flexibility index (Phi) is 6.79. The van der Waals surface area contributed by atoms with E-state index in [9.17, 15) is 12.8 Å². The molecule has 0 spiro atoms. The number of fused-ring (bicyclic) bond motifs is 1. The third kappa shape index (κ3) is 4.63. The second-order valence-electron chi connectivity index (χ2n) is 9.05. The summed E-state index contributed by atoms with van der Waals surface area (Å²) in [5, 5.41) is 1.11. The number of nitrogens with zero attached hydrogens (tertiary/aromatic N) is 2. The Morgan fingerprint density at radius 1 is 0.946 bits per heavy atom. The van der Waals surface area contributed by atoms with Crippen molar-refractivity contribution in [3.63, 3.8) is 0 Å². The van der Waals surface area contributed by atoms with Crippen LogP contribution in [0.3, 0.4) is 0 Å². The average Bonchev–Trinajstić information content (AvgIpc) is 3.19. The lowest BCUT2D eigenvalue weighted by molar-refractivity contribution is 0.353. The standard InChI is InChI=1S/C29H29FN2O4S/c1-20-29(25-9-4-5-10-26(25)32(20)19-21-7-6-8-23(30)17-21)22-13-15-31(16-14-22)37(33,34)24-11-12-27(35-2)28(18-24)36-3/h4-13,17-18H,14-16,19H2,1-3H3. The molecule has 0 N–H and O–H groups in total. The van der Waals surface area contributed by atoms with Crippen molar-refractivity contribution >= 4 is 26.5 Å². The molecule has 0 unspecified atom stereocenters. The van der Waals surface area contributed by atoms with Gasteiger partial charge in [0.15, 0.2) is 11.5 Å². The lowest BCUT2D eigenvalue weighted by Crippen LogP contribution is -2.34. The van der Waals surface area contributed by atoms with Crippen molar-refractivity contribution in [2.45, 2.75) is 24.8 Å². The maximum Gasteiger partial charge on any atom is 0.243 e. The van der Waals surface area contributed by atoms with E-state index in [4.69, 9.17) is 9.47 Å². The van der Waals surface area contributed by atoms with Gasteiger partial charge in [0.2, 0.25) is 10.0 Å². The molecule has 0 atom stereocenters. The summed E-state index contributed by atoms with van der Waals surface area (Å²) in [4.78, 5) is 0.171. The van der Waals surface area contributed by atoms with Crippen LogP contribution in [-0.2, 0) is 16.6 Å². The van der Waals surface area contributed by atoms with Crippen molar-refractivity contribution < 1.29 is 22.3 Å². The Morgan fingerprint density at radius 3 is 2.43 bits per heavy atom. The maximum absolute atomic E-state index is 13.8. The molecule has 0 bridgehead atoms. The smallest absolute Gasteiger partial charge is 0.243 e. The Bertz CT molecular complexity index is 1610. The summed E-state index contributed by atoms with van der Waals surface area (Å²) in [6.45, 7) is 3.26. The Balaban J connectivity index is 1.47. The Morgan fingerprint density at radius 2 is 1.73 bits per heavy atom. The van der Waals surface area contributed by atoms with E-state index < -0.39 is 10.0 Å². The number of sulfonamides is 1. The van der Waals surface area contributed by atoms with Crippen molar-refractivity contribution in [1.82, 2.24) is 8.87 Å². The van der Waals surface area contributed by atoms with Gasteiger partial charge in [-0.3, -0.25) is 0 Å². The summed E-state index contributed by atoms with van der Waals surface area (Å²) >= 11 is 0. The predicted molar refractivity (Wildman–Crippen MR) is 143 cm³/mol. The fourth-order valence-corrected chi connectivity index (χ4v) is 6.48. The molecule has 3 aromatic carbocycles. The van der Waals surface area contributed by atoms with Crippen molar-refractivity contribution in [2.24, 2.45) is 0 Å². The molecule has 0 amide bonds. The van der Waals surface area contributed by atoms with E-state index in [1.807, 2.05) is 24.3 Å². The van der Waals surface area contributed by atoms with Gasteiger partial charge in [0.25, 0.3) is 0 Å². The number of halogens is 1. The fraction of sp³-hybridized carbons (Fsp3) is 0.241. The highest BCUT2D eigenvalue weighted by molar-refractivity contribution is 7.89. The molecule has 192 valence electrons. The Hall–Kier alpha value is -3.62. The van der Waals surface area contributed by atoms with Gasteiger partial charge in [-0.25, -0.2) is 12.8 Å². The van der Waals surface area contributed by atoms with Gasteiger partial charge >= 0.3 is 0 Å². The number of benzene rings is 3. The average molecular weight is 521 g/mol. The number of para-hydroxylation sites is 1. The summed E-state index contributed by atoms with van der Waals surface area (Å²) < 4.78 is 54.8. The van der Waals surface area contributed by atoms with E-state index in [1.165, 1.54) is 30.7 Å². The normalized spacial score (nSPS) is 14.5. The first-order valence-electron chi connectivity index (χ1n) is 12.1. The molecule has 37 heavy (non-hydrogen) atoms. The fourth-order valence-electron chi connectivity index (χ4n) is 5.08. The molecule has 0 saturated carbocycles. The molecule has 1 aromatic heterocycles. The van der Waals surface area contributed by atoms with Crippen molar-refractivity contribution in [2.75, 3.05) is 27.3 Å². The van der Waals surface area contributed by atoms with E-state index in [0.717, 1.165) is 33.3 Å². The molecule has 1 aliphatic rings. The van der Waals surface area contributed by atoms with Crippen LogP contribution in [0.25, 0.3) is 16.5 Å². The van der Waals surface area contributed by atoms with E-state index >= 15 is 0 Å². The first kappa shape index (κ1) is 25.0. The van der Waals surface area contributed by atoms with Gasteiger partial charge in [0, 0.05) is 47.9 Å². The molecule has 0 saturated heterocycles. The largest absolute Gasteiger partial charge is 0.493 e. The first-order valence-corrected chi connectivity index (χ1v) is 13.5. The SMILES string of the molecule is COc1ccc(S(=O)(=O)N2CC=C(c3c(C)n(Cc4cccc(F)c4)c4ccccc34)CC2)cc1OC. The lowest BCUT2D eigenvalue weighted by Gasteiger charge is -2.26. The third-order valence-electron chi connectivity index (χ3n) is 6.95. The van der Waals surface area contributed by atoms with Gasteiger partial charge in [-0.05, 0) is 54.8 Å². The zero-order valence-electron chi connectivity index (χ0n) is 21.1. The highest BCUT2D eigenvalue weighted by atomic mass is 32.2. The van der Waals surface area contributed by atoms with Crippen LogP contribution in [-0.4, -0.2) is 44.6 Å². The summed E-state index contributed by atoms with van der Waals surface area (Å²) in [5.74, 6) is 0.600. The molecular weight excluding hydrogens is 491 g/mol. The minimum Gasteiger partial charge on any atom is -0.493 e. The van der Waals surface area contributed by atoms with Gasteiger partial charge in [0.05, 0.1) is 19.1 Å². The van der Waals surface area contributed by atoms with Crippen molar-refractivity contribution in [3.8, 4) is 11.5 Å². The Labute approximate surface area is 216 Å². The second-order valence-corrected chi connectivity index (χ2v) is 11.0. The monoisotopic (exact) mass is 520 g/mol. The summed E-state index contributed by atoms with van der Waals surface area (Å²) in [6.07, 6.45) is 2.59. The molecule has 6 nitrogen and oxygen atoms in total. The van der Waals surface area contributed by atoms with Crippen LogP contribution in [0.1, 0.15) is 23.2 Å². The zero-order chi connectivity index (χ0) is 26.2. The molecule has 0 fully saturated rings. The topological polar surface area (TPSA) is 60.8 Å². The quantitative estimate of drug-likeness (QED) is 0.317. The van der Waals surface area contributed by atoms with Crippen LogP contribution in [0.15, 0.2) is 77.7 Å². The number of aromatic nitrogens is 1. The highest BCUT2D eigenvalue weighted by Crippen LogP contribution is 2.36. The molecule has 2 heterocycles. The first-order chi connectivity index (χ1) is 17.8. The molecule has 8 heteroatoms. The zero-order valence-corrected chi connectivity index (χ0v) is 21.9. The molecule has 5 rings (SSSR count). The van der Waals surface area contributed by atoms with Crippen molar-refractivity contribution in [3.05, 3.63) is 95.4 Å². The second kappa shape index (κ2) is 10.0. The summed E-state index contributed by atoms with van der Waals surface area (Å²) in [7, 11) is -0.708. The molecule has 0 aliphatic carbocycles. The number of hydrogen-bond acceptors (Lipinski definition) is 4. The lowest BCUT2D eigenvalue weighted by atomic mass is 9.97. The highest BCUT2D eigenvalue weighted by Gasteiger charge is 2.29. The summed E-state index contributed by atoms with van der Waals surface area (Å²) in [6, 6.07) is 19.5. The number of methoxy groups -OCH3 is 2.